The maximum Gasteiger partial charge on any atom is 0.231 e. The van der Waals surface area contributed by atoms with Crippen molar-refractivity contribution in [3.05, 3.63) is 59.2 Å². The van der Waals surface area contributed by atoms with E-state index in [4.69, 9.17) is 14.2 Å². The third kappa shape index (κ3) is 5.44. The van der Waals surface area contributed by atoms with Crippen molar-refractivity contribution in [2.45, 2.75) is 38.1 Å². The summed E-state index contributed by atoms with van der Waals surface area (Å²) in [6.07, 6.45) is 2.93. The molecule has 0 aliphatic carbocycles. The fourth-order valence-corrected chi connectivity index (χ4v) is 4.28. The molecule has 2 N–H and O–H groups in total. The Morgan fingerprint density at radius 3 is 2.48 bits per heavy atom. The van der Waals surface area contributed by atoms with Gasteiger partial charge in [0.1, 0.15) is 0 Å². The molecule has 0 bridgehead atoms. The van der Waals surface area contributed by atoms with Crippen molar-refractivity contribution < 1.29 is 14.2 Å². The normalized spacial score (nSPS) is 17.0. The molecule has 168 valence electrons. The minimum absolute atomic E-state index is 0. The van der Waals surface area contributed by atoms with Crippen LogP contribution in [-0.4, -0.2) is 39.6 Å². The zero-order chi connectivity index (χ0) is 20.8. The van der Waals surface area contributed by atoms with Gasteiger partial charge in [0.2, 0.25) is 6.79 Å². The topological polar surface area (TPSA) is 64.1 Å². The predicted molar refractivity (Wildman–Crippen MR) is 134 cm³/mol. The fraction of sp³-hybridized carbons (Fsp3) is 0.458. The summed E-state index contributed by atoms with van der Waals surface area (Å²) in [5.74, 6) is 2.46. The zero-order valence-electron chi connectivity index (χ0n) is 18.3. The van der Waals surface area contributed by atoms with Crippen molar-refractivity contribution in [3.63, 3.8) is 0 Å². The van der Waals surface area contributed by atoms with Crippen molar-refractivity contribution in [1.82, 2.24) is 10.6 Å². The summed E-state index contributed by atoms with van der Waals surface area (Å²) in [5, 5.41) is 7.04. The quantitative estimate of drug-likeness (QED) is 0.332. The first-order valence-electron chi connectivity index (χ1n) is 10.7. The van der Waals surface area contributed by atoms with Crippen LogP contribution in [0, 0.1) is 0 Å². The standard InChI is InChI=1S/C24H31N3O3.HI/c1-3-18-6-4-5-7-19(18)15-26-23(25-2)27-16-24(10-12-28-13-11-24)20-8-9-21-22(14-20)30-17-29-21;/h4-9,14H,3,10-13,15-17H2,1-2H3,(H2,25,26,27);1H. The SMILES string of the molecule is CCc1ccccc1CNC(=NC)NCC1(c2ccc3c(c2)OCO3)CCOCC1.I. The number of guanidine groups is 1. The molecular formula is C24H32IN3O3. The van der Waals surface area contributed by atoms with Crippen molar-refractivity contribution in [2.24, 2.45) is 4.99 Å². The Hall–Kier alpha value is -2.00. The number of nitrogens with zero attached hydrogens (tertiary/aromatic N) is 1. The molecule has 2 aromatic rings. The van der Waals surface area contributed by atoms with E-state index < -0.39 is 0 Å². The number of hydrogen-bond donors (Lipinski definition) is 2. The molecule has 0 spiro atoms. The van der Waals surface area contributed by atoms with Crippen molar-refractivity contribution >= 4 is 29.9 Å². The van der Waals surface area contributed by atoms with Crippen molar-refractivity contribution in [2.75, 3.05) is 33.6 Å². The third-order valence-electron chi connectivity index (χ3n) is 6.20. The highest BCUT2D eigenvalue weighted by molar-refractivity contribution is 14.0. The minimum Gasteiger partial charge on any atom is -0.454 e. The van der Waals surface area contributed by atoms with Gasteiger partial charge in [-0.2, -0.15) is 0 Å². The van der Waals surface area contributed by atoms with Gasteiger partial charge in [-0.3, -0.25) is 4.99 Å². The lowest BCUT2D eigenvalue weighted by molar-refractivity contribution is 0.0513. The lowest BCUT2D eigenvalue weighted by Gasteiger charge is -2.38. The maximum atomic E-state index is 5.67. The summed E-state index contributed by atoms with van der Waals surface area (Å²) in [7, 11) is 1.82. The lowest BCUT2D eigenvalue weighted by atomic mass is 9.74. The van der Waals surface area contributed by atoms with Gasteiger partial charge in [0, 0.05) is 38.8 Å². The Morgan fingerprint density at radius 2 is 1.74 bits per heavy atom. The Kier molecular flexibility index (Phi) is 8.43. The molecule has 0 amide bonds. The summed E-state index contributed by atoms with van der Waals surface area (Å²) in [6, 6.07) is 14.8. The molecule has 1 saturated heterocycles. The molecular weight excluding hydrogens is 505 g/mol. The third-order valence-corrected chi connectivity index (χ3v) is 6.20. The average molecular weight is 537 g/mol. The van der Waals surface area contributed by atoms with Crippen LogP contribution in [-0.2, 0) is 23.1 Å². The van der Waals surface area contributed by atoms with Gasteiger partial charge in [-0.15, -0.1) is 24.0 Å². The van der Waals surface area contributed by atoms with Crippen LogP contribution in [0.2, 0.25) is 0 Å². The van der Waals surface area contributed by atoms with E-state index in [0.29, 0.717) is 6.79 Å². The van der Waals surface area contributed by atoms with Gasteiger partial charge in [-0.25, -0.2) is 0 Å². The van der Waals surface area contributed by atoms with Gasteiger partial charge >= 0.3 is 0 Å². The lowest BCUT2D eigenvalue weighted by Crippen LogP contribution is -2.48. The summed E-state index contributed by atoms with van der Waals surface area (Å²) < 4.78 is 16.8. The first kappa shape index (κ1) is 23.7. The molecule has 0 radical (unpaired) electrons. The number of rotatable bonds is 6. The van der Waals surface area contributed by atoms with Crippen LogP contribution in [0.3, 0.4) is 0 Å². The summed E-state index contributed by atoms with van der Waals surface area (Å²) >= 11 is 0. The number of nitrogens with one attached hydrogen (secondary N) is 2. The van der Waals surface area contributed by atoms with E-state index in [9.17, 15) is 0 Å². The molecule has 0 saturated carbocycles. The van der Waals surface area contributed by atoms with Crippen LogP contribution in [0.1, 0.15) is 36.5 Å². The molecule has 1 fully saturated rings. The Balaban J connectivity index is 0.00000272. The van der Waals surface area contributed by atoms with Gasteiger partial charge in [0.15, 0.2) is 17.5 Å². The van der Waals surface area contributed by atoms with E-state index in [0.717, 1.165) is 63.0 Å². The van der Waals surface area contributed by atoms with Gasteiger partial charge in [-0.05, 0) is 48.1 Å². The zero-order valence-corrected chi connectivity index (χ0v) is 20.6. The predicted octanol–water partition coefficient (Wildman–Crippen LogP) is 4.01. The molecule has 4 rings (SSSR count). The summed E-state index contributed by atoms with van der Waals surface area (Å²) in [6.45, 7) is 5.53. The molecule has 6 nitrogen and oxygen atoms in total. The van der Waals surface area contributed by atoms with Crippen LogP contribution in [0.4, 0.5) is 0 Å². The first-order chi connectivity index (χ1) is 14.7. The van der Waals surface area contributed by atoms with Crippen LogP contribution >= 0.6 is 24.0 Å². The van der Waals surface area contributed by atoms with Gasteiger partial charge in [-0.1, -0.05) is 37.3 Å². The van der Waals surface area contributed by atoms with Gasteiger partial charge < -0.3 is 24.8 Å². The molecule has 0 aromatic heterocycles. The molecule has 2 aliphatic rings. The van der Waals surface area contributed by atoms with E-state index in [1.807, 2.05) is 13.1 Å². The van der Waals surface area contributed by atoms with Gasteiger partial charge in [0.25, 0.3) is 0 Å². The Labute approximate surface area is 201 Å². The molecule has 2 aromatic carbocycles. The largest absolute Gasteiger partial charge is 0.454 e. The number of halogens is 1. The van der Waals surface area contributed by atoms with Crippen LogP contribution in [0.5, 0.6) is 11.5 Å². The number of aliphatic imine (C=N–C) groups is 1. The molecule has 0 unspecified atom stereocenters. The molecule has 2 aliphatic heterocycles. The second kappa shape index (κ2) is 11.0. The Morgan fingerprint density at radius 1 is 1.00 bits per heavy atom. The summed E-state index contributed by atoms with van der Waals surface area (Å²) in [4.78, 5) is 4.44. The number of aryl methyl sites for hydroxylation is 1. The summed E-state index contributed by atoms with van der Waals surface area (Å²) in [5.41, 5.74) is 3.90. The molecule has 31 heavy (non-hydrogen) atoms. The van der Waals surface area contributed by atoms with E-state index in [-0.39, 0.29) is 29.4 Å². The smallest absolute Gasteiger partial charge is 0.231 e. The fourth-order valence-electron chi connectivity index (χ4n) is 4.28. The second-order valence-corrected chi connectivity index (χ2v) is 7.86. The number of fused-ring (bicyclic) bond motifs is 1. The van der Waals surface area contributed by atoms with Crippen LogP contribution in [0.15, 0.2) is 47.5 Å². The highest BCUT2D eigenvalue weighted by atomic mass is 127. The maximum absolute atomic E-state index is 5.67. The average Bonchev–Trinajstić information content (AvgIpc) is 3.28. The first-order valence-corrected chi connectivity index (χ1v) is 10.7. The van der Waals surface area contributed by atoms with Crippen molar-refractivity contribution in [1.29, 1.82) is 0 Å². The Bertz CT molecular complexity index is 897. The van der Waals surface area contributed by atoms with Gasteiger partial charge in [0.05, 0.1) is 0 Å². The van der Waals surface area contributed by atoms with E-state index in [1.54, 1.807) is 0 Å². The van der Waals surface area contributed by atoms with Crippen molar-refractivity contribution in [3.8, 4) is 11.5 Å². The van der Waals surface area contributed by atoms with Crippen LogP contribution < -0.4 is 20.1 Å². The minimum atomic E-state index is -0.0296. The number of benzene rings is 2. The monoisotopic (exact) mass is 537 g/mol. The number of ether oxygens (including phenoxy) is 3. The highest BCUT2D eigenvalue weighted by Gasteiger charge is 2.35. The second-order valence-electron chi connectivity index (χ2n) is 7.86. The number of hydrogen-bond acceptors (Lipinski definition) is 4. The molecule has 0 atom stereocenters. The van der Waals surface area contributed by atoms with E-state index in [1.165, 1.54) is 16.7 Å². The van der Waals surface area contributed by atoms with E-state index >= 15 is 0 Å². The molecule has 2 heterocycles. The van der Waals surface area contributed by atoms with E-state index in [2.05, 4.69) is 58.9 Å². The highest BCUT2D eigenvalue weighted by Crippen LogP contribution is 2.40. The molecule has 7 heteroatoms. The van der Waals surface area contributed by atoms with Crippen LogP contribution in [0.25, 0.3) is 0 Å².